The highest BCUT2D eigenvalue weighted by Crippen LogP contribution is 2.24. The van der Waals surface area contributed by atoms with Gasteiger partial charge in [0.2, 0.25) is 10.0 Å². The average molecular weight is 381 g/mol. The summed E-state index contributed by atoms with van der Waals surface area (Å²) in [5.41, 5.74) is -0.0506. The second kappa shape index (κ2) is 6.70. The third kappa shape index (κ3) is 4.01. The summed E-state index contributed by atoms with van der Waals surface area (Å²) in [4.78, 5) is 1.69. The number of likely N-dealkylation sites (tertiary alicyclic amines) is 1. The van der Waals surface area contributed by atoms with Crippen LogP contribution in [0.2, 0.25) is 0 Å². The summed E-state index contributed by atoms with van der Waals surface area (Å²) in [6, 6.07) is 2.57. The molecular formula is C13H18BrFN2O3S. The minimum Gasteiger partial charge on any atom is -0.392 e. The van der Waals surface area contributed by atoms with Gasteiger partial charge in [0.25, 0.3) is 0 Å². The van der Waals surface area contributed by atoms with Crippen molar-refractivity contribution >= 4 is 26.0 Å². The van der Waals surface area contributed by atoms with Crippen LogP contribution < -0.4 is 4.72 Å². The maximum absolute atomic E-state index is 14.1. The van der Waals surface area contributed by atoms with Crippen molar-refractivity contribution in [3.63, 3.8) is 0 Å². The van der Waals surface area contributed by atoms with Crippen LogP contribution in [0, 0.1) is 11.7 Å². The molecule has 0 saturated carbocycles. The highest BCUT2D eigenvalue weighted by atomic mass is 79.9. The first-order valence-electron chi connectivity index (χ1n) is 6.60. The number of sulfonamides is 1. The van der Waals surface area contributed by atoms with Gasteiger partial charge in [-0.25, -0.2) is 17.5 Å². The molecule has 1 aliphatic heterocycles. The highest BCUT2D eigenvalue weighted by Gasteiger charge is 2.25. The van der Waals surface area contributed by atoms with Crippen LogP contribution in [-0.2, 0) is 16.6 Å². The van der Waals surface area contributed by atoms with Gasteiger partial charge in [0.15, 0.2) is 0 Å². The predicted molar refractivity (Wildman–Crippen MR) is 80.8 cm³/mol. The standard InChI is InChI=1S/C13H18BrFN2O3S/c1-17-3-2-9(7-17)6-16-21(19,20)12-5-11(14)4-10(8-18)13(12)15/h4-5,9,16,18H,2-3,6-8H2,1H3. The monoisotopic (exact) mass is 380 g/mol. The van der Waals surface area contributed by atoms with Gasteiger partial charge in [-0.15, -0.1) is 0 Å². The van der Waals surface area contributed by atoms with Crippen LogP contribution >= 0.6 is 15.9 Å². The first-order valence-corrected chi connectivity index (χ1v) is 8.88. The molecule has 1 aromatic carbocycles. The summed E-state index contributed by atoms with van der Waals surface area (Å²) >= 11 is 3.13. The maximum atomic E-state index is 14.1. The lowest BCUT2D eigenvalue weighted by molar-refractivity contribution is 0.274. The third-order valence-corrected chi connectivity index (χ3v) is 5.47. The molecule has 1 saturated heterocycles. The molecule has 2 N–H and O–H groups in total. The molecule has 0 spiro atoms. The van der Waals surface area contributed by atoms with Crippen LogP contribution in [0.1, 0.15) is 12.0 Å². The Morgan fingerprint density at radius 3 is 2.81 bits per heavy atom. The summed E-state index contributed by atoms with van der Waals surface area (Å²) in [5.74, 6) is -0.672. The first-order chi connectivity index (χ1) is 9.83. The second-order valence-electron chi connectivity index (χ2n) is 5.30. The van der Waals surface area contributed by atoms with Crippen molar-refractivity contribution in [2.24, 2.45) is 5.92 Å². The van der Waals surface area contributed by atoms with E-state index >= 15 is 0 Å². The van der Waals surface area contributed by atoms with E-state index in [4.69, 9.17) is 5.11 Å². The Morgan fingerprint density at radius 2 is 2.24 bits per heavy atom. The summed E-state index contributed by atoms with van der Waals surface area (Å²) in [6.07, 6.45) is 0.919. The molecule has 1 fully saturated rings. The fourth-order valence-electron chi connectivity index (χ4n) is 2.43. The smallest absolute Gasteiger partial charge is 0.243 e. The van der Waals surface area contributed by atoms with Gasteiger partial charge < -0.3 is 10.0 Å². The van der Waals surface area contributed by atoms with Crippen molar-refractivity contribution in [2.75, 3.05) is 26.7 Å². The Hall–Kier alpha value is -0.540. The van der Waals surface area contributed by atoms with E-state index < -0.39 is 27.3 Å². The van der Waals surface area contributed by atoms with Crippen LogP contribution in [0.25, 0.3) is 0 Å². The van der Waals surface area contributed by atoms with Crippen molar-refractivity contribution in [3.8, 4) is 0 Å². The molecule has 0 aromatic heterocycles. The first kappa shape index (κ1) is 16.8. The van der Waals surface area contributed by atoms with E-state index in [1.54, 1.807) is 0 Å². The Labute approximate surface area is 132 Å². The molecule has 1 heterocycles. The fourth-order valence-corrected chi connectivity index (χ4v) is 4.34. The molecule has 21 heavy (non-hydrogen) atoms. The van der Waals surface area contributed by atoms with Gasteiger partial charge in [0.05, 0.1) is 6.61 Å². The van der Waals surface area contributed by atoms with Crippen molar-refractivity contribution < 1.29 is 17.9 Å². The van der Waals surface area contributed by atoms with Gasteiger partial charge in [0, 0.05) is 23.1 Å². The molecule has 0 amide bonds. The van der Waals surface area contributed by atoms with Crippen LogP contribution in [0.15, 0.2) is 21.5 Å². The van der Waals surface area contributed by atoms with Gasteiger partial charge in [-0.05, 0) is 38.1 Å². The van der Waals surface area contributed by atoms with E-state index in [0.29, 0.717) is 4.47 Å². The van der Waals surface area contributed by atoms with Gasteiger partial charge in [0.1, 0.15) is 10.7 Å². The zero-order chi connectivity index (χ0) is 15.6. The van der Waals surface area contributed by atoms with E-state index in [-0.39, 0.29) is 18.0 Å². The van der Waals surface area contributed by atoms with Crippen LogP contribution in [0.4, 0.5) is 4.39 Å². The van der Waals surface area contributed by atoms with Crippen molar-refractivity contribution in [2.45, 2.75) is 17.9 Å². The van der Waals surface area contributed by atoms with Crippen molar-refractivity contribution in [1.82, 2.24) is 9.62 Å². The molecular weight excluding hydrogens is 363 g/mol. The number of halogens is 2. The molecule has 8 heteroatoms. The maximum Gasteiger partial charge on any atom is 0.243 e. The summed E-state index contributed by atoms with van der Waals surface area (Å²) in [5, 5.41) is 9.08. The summed E-state index contributed by atoms with van der Waals surface area (Å²) < 4.78 is 41.5. The minimum absolute atomic E-state index is 0.0506. The van der Waals surface area contributed by atoms with Gasteiger partial charge in [-0.3, -0.25) is 0 Å². The molecule has 2 rings (SSSR count). The topological polar surface area (TPSA) is 69.6 Å². The van der Waals surface area contributed by atoms with E-state index in [0.717, 1.165) is 19.5 Å². The van der Waals surface area contributed by atoms with E-state index in [1.807, 2.05) is 7.05 Å². The molecule has 0 radical (unpaired) electrons. The number of nitrogens with one attached hydrogen (secondary N) is 1. The molecule has 118 valence electrons. The van der Waals surface area contributed by atoms with E-state index in [2.05, 4.69) is 25.6 Å². The number of aliphatic hydroxyl groups excluding tert-OH is 1. The summed E-state index contributed by atoms with van der Waals surface area (Å²) in [6.45, 7) is 1.49. The number of nitrogens with zero attached hydrogens (tertiary/aromatic N) is 1. The molecule has 1 atom stereocenters. The Kier molecular flexibility index (Phi) is 5.37. The normalized spacial score (nSPS) is 20.1. The second-order valence-corrected chi connectivity index (χ2v) is 7.96. The number of aliphatic hydroxyl groups is 1. The third-order valence-electron chi connectivity index (χ3n) is 3.59. The quantitative estimate of drug-likeness (QED) is 0.807. The molecule has 0 aliphatic carbocycles. The lowest BCUT2D eigenvalue weighted by Crippen LogP contribution is -2.31. The fraction of sp³-hybridized carbons (Fsp3) is 0.538. The lowest BCUT2D eigenvalue weighted by atomic mass is 10.1. The largest absolute Gasteiger partial charge is 0.392 e. The van der Waals surface area contributed by atoms with Crippen molar-refractivity contribution in [3.05, 3.63) is 28.0 Å². The predicted octanol–water partition coefficient (Wildman–Crippen LogP) is 1.31. The zero-order valence-electron chi connectivity index (χ0n) is 11.6. The molecule has 5 nitrogen and oxygen atoms in total. The molecule has 1 aromatic rings. The minimum atomic E-state index is -3.94. The Bertz CT molecular complexity index is 624. The SMILES string of the molecule is CN1CCC(CNS(=O)(=O)c2cc(Br)cc(CO)c2F)C1. The molecule has 1 unspecified atom stereocenters. The van der Waals surface area contributed by atoms with Gasteiger partial charge in [-0.1, -0.05) is 15.9 Å². The highest BCUT2D eigenvalue weighted by molar-refractivity contribution is 9.10. The zero-order valence-corrected chi connectivity index (χ0v) is 14.0. The van der Waals surface area contributed by atoms with Crippen LogP contribution in [0.3, 0.4) is 0 Å². The molecule has 1 aliphatic rings. The van der Waals surface area contributed by atoms with Crippen LogP contribution in [-0.4, -0.2) is 45.1 Å². The van der Waals surface area contributed by atoms with Gasteiger partial charge in [-0.2, -0.15) is 0 Å². The van der Waals surface area contributed by atoms with E-state index in [1.165, 1.54) is 12.1 Å². The number of hydrogen-bond acceptors (Lipinski definition) is 4. The van der Waals surface area contributed by atoms with E-state index in [9.17, 15) is 12.8 Å². The number of hydrogen-bond donors (Lipinski definition) is 2. The van der Waals surface area contributed by atoms with Crippen LogP contribution in [0.5, 0.6) is 0 Å². The average Bonchev–Trinajstić information content (AvgIpc) is 2.84. The number of rotatable bonds is 5. The Balaban J connectivity index is 2.17. The summed E-state index contributed by atoms with van der Waals surface area (Å²) in [7, 11) is -1.95. The Morgan fingerprint density at radius 1 is 1.52 bits per heavy atom. The van der Waals surface area contributed by atoms with Crippen molar-refractivity contribution in [1.29, 1.82) is 0 Å². The van der Waals surface area contributed by atoms with Gasteiger partial charge >= 0.3 is 0 Å². The number of benzene rings is 1. The lowest BCUT2D eigenvalue weighted by Gasteiger charge is -2.14. The molecule has 0 bridgehead atoms.